The molecule has 3 atom stereocenters. The Bertz CT molecular complexity index is 217. The standard InChI is InChI=1S/C13H26N2/c1-3-12-5-4-8-15(12)13(10-14)7-6-11(2)9-13/h11-12H,3-10,14H2,1-2H3. The Kier molecular flexibility index (Phi) is 3.36. The van der Waals surface area contributed by atoms with Gasteiger partial charge in [0.15, 0.2) is 0 Å². The fourth-order valence-corrected chi connectivity index (χ4v) is 3.82. The smallest absolute Gasteiger partial charge is 0.0337 e. The van der Waals surface area contributed by atoms with Crippen LogP contribution >= 0.6 is 0 Å². The fourth-order valence-electron chi connectivity index (χ4n) is 3.82. The number of hydrogen-bond acceptors (Lipinski definition) is 2. The molecule has 1 aliphatic carbocycles. The summed E-state index contributed by atoms with van der Waals surface area (Å²) in [5.74, 6) is 0.881. The molecule has 0 aromatic carbocycles. The van der Waals surface area contributed by atoms with E-state index in [1.807, 2.05) is 0 Å². The quantitative estimate of drug-likeness (QED) is 0.775. The lowest BCUT2D eigenvalue weighted by molar-refractivity contribution is 0.0801. The van der Waals surface area contributed by atoms with Crippen LogP contribution in [0.3, 0.4) is 0 Å². The monoisotopic (exact) mass is 210 g/mol. The van der Waals surface area contributed by atoms with Crippen LogP contribution < -0.4 is 5.73 Å². The van der Waals surface area contributed by atoms with E-state index < -0.39 is 0 Å². The van der Waals surface area contributed by atoms with Crippen molar-refractivity contribution in [2.45, 2.75) is 64.0 Å². The van der Waals surface area contributed by atoms with E-state index in [1.165, 1.54) is 45.1 Å². The predicted octanol–water partition coefficient (Wildman–Crippen LogP) is 2.38. The topological polar surface area (TPSA) is 29.3 Å². The maximum atomic E-state index is 6.09. The second kappa shape index (κ2) is 4.42. The Hall–Kier alpha value is -0.0800. The van der Waals surface area contributed by atoms with E-state index in [2.05, 4.69) is 18.7 Å². The highest BCUT2D eigenvalue weighted by Gasteiger charge is 2.44. The summed E-state index contributed by atoms with van der Waals surface area (Å²) in [7, 11) is 0. The van der Waals surface area contributed by atoms with Gasteiger partial charge >= 0.3 is 0 Å². The first-order valence-electron chi connectivity index (χ1n) is 6.68. The van der Waals surface area contributed by atoms with Crippen LogP contribution in [-0.2, 0) is 0 Å². The van der Waals surface area contributed by atoms with E-state index in [4.69, 9.17) is 5.73 Å². The fraction of sp³-hybridized carbons (Fsp3) is 1.00. The minimum atomic E-state index is 0.372. The third kappa shape index (κ3) is 1.94. The van der Waals surface area contributed by atoms with Crippen molar-refractivity contribution in [2.24, 2.45) is 11.7 Å². The zero-order chi connectivity index (χ0) is 10.9. The molecule has 1 aliphatic heterocycles. The van der Waals surface area contributed by atoms with Crippen molar-refractivity contribution in [2.75, 3.05) is 13.1 Å². The molecule has 88 valence electrons. The average Bonchev–Trinajstić information content (AvgIpc) is 2.84. The maximum Gasteiger partial charge on any atom is 0.0337 e. The summed E-state index contributed by atoms with van der Waals surface area (Å²) in [6.07, 6.45) is 8.13. The molecule has 0 radical (unpaired) electrons. The van der Waals surface area contributed by atoms with Crippen molar-refractivity contribution >= 4 is 0 Å². The Balaban J connectivity index is 2.11. The molecule has 0 spiro atoms. The Morgan fingerprint density at radius 1 is 1.40 bits per heavy atom. The third-order valence-electron chi connectivity index (χ3n) is 4.67. The molecule has 0 amide bonds. The highest BCUT2D eigenvalue weighted by atomic mass is 15.3. The molecule has 3 unspecified atom stereocenters. The van der Waals surface area contributed by atoms with Crippen molar-refractivity contribution < 1.29 is 0 Å². The second-order valence-electron chi connectivity index (χ2n) is 5.67. The molecule has 0 aromatic rings. The van der Waals surface area contributed by atoms with Crippen LogP contribution in [0.5, 0.6) is 0 Å². The van der Waals surface area contributed by atoms with Gasteiger partial charge in [-0.1, -0.05) is 13.8 Å². The van der Waals surface area contributed by atoms with Gasteiger partial charge in [-0.3, -0.25) is 4.90 Å². The Morgan fingerprint density at radius 3 is 2.73 bits per heavy atom. The normalized spacial score (nSPS) is 42.6. The van der Waals surface area contributed by atoms with Gasteiger partial charge in [0.25, 0.3) is 0 Å². The molecule has 0 aromatic heterocycles. The summed E-state index contributed by atoms with van der Waals surface area (Å²) in [4.78, 5) is 2.76. The summed E-state index contributed by atoms with van der Waals surface area (Å²) < 4.78 is 0. The van der Waals surface area contributed by atoms with Gasteiger partial charge in [-0.15, -0.1) is 0 Å². The molecule has 2 fully saturated rings. The number of nitrogens with zero attached hydrogens (tertiary/aromatic N) is 1. The van der Waals surface area contributed by atoms with Crippen LogP contribution in [-0.4, -0.2) is 29.6 Å². The summed E-state index contributed by atoms with van der Waals surface area (Å²) >= 11 is 0. The minimum Gasteiger partial charge on any atom is -0.329 e. The predicted molar refractivity (Wildman–Crippen MR) is 64.8 cm³/mol. The third-order valence-corrected chi connectivity index (χ3v) is 4.67. The van der Waals surface area contributed by atoms with E-state index >= 15 is 0 Å². The summed E-state index contributed by atoms with van der Waals surface area (Å²) in [6, 6.07) is 0.818. The van der Waals surface area contributed by atoms with Gasteiger partial charge < -0.3 is 5.73 Å². The van der Waals surface area contributed by atoms with Gasteiger partial charge in [-0.05, 0) is 51.0 Å². The molecule has 1 saturated heterocycles. The first kappa shape index (κ1) is 11.4. The Labute approximate surface area is 94.2 Å². The molecule has 2 rings (SSSR count). The van der Waals surface area contributed by atoms with E-state index in [0.29, 0.717) is 5.54 Å². The van der Waals surface area contributed by atoms with Crippen molar-refractivity contribution in [3.63, 3.8) is 0 Å². The molecule has 0 bridgehead atoms. The first-order valence-corrected chi connectivity index (χ1v) is 6.68. The number of rotatable bonds is 3. The SMILES string of the molecule is CCC1CCCN1C1(CN)CCC(C)C1. The molecule has 2 aliphatic rings. The molecule has 2 heteroatoms. The molecule has 2 N–H and O–H groups in total. The van der Waals surface area contributed by atoms with Crippen molar-refractivity contribution in [3.8, 4) is 0 Å². The van der Waals surface area contributed by atoms with Crippen LogP contribution in [0.2, 0.25) is 0 Å². The zero-order valence-corrected chi connectivity index (χ0v) is 10.3. The van der Waals surface area contributed by atoms with Crippen LogP contribution in [0.25, 0.3) is 0 Å². The molecular formula is C13H26N2. The molecule has 2 nitrogen and oxygen atoms in total. The van der Waals surface area contributed by atoms with Crippen LogP contribution in [0.4, 0.5) is 0 Å². The molecule has 1 saturated carbocycles. The van der Waals surface area contributed by atoms with Crippen LogP contribution in [0.15, 0.2) is 0 Å². The number of hydrogen-bond donors (Lipinski definition) is 1. The van der Waals surface area contributed by atoms with Gasteiger partial charge in [0, 0.05) is 18.1 Å². The van der Waals surface area contributed by atoms with Gasteiger partial charge in [-0.25, -0.2) is 0 Å². The van der Waals surface area contributed by atoms with Crippen molar-refractivity contribution in [1.29, 1.82) is 0 Å². The molecule has 1 heterocycles. The van der Waals surface area contributed by atoms with Crippen LogP contribution in [0.1, 0.15) is 52.4 Å². The van der Waals surface area contributed by atoms with Crippen molar-refractivity contribution in [3.05, 3.63) is 0 Å². The van der Waals surface area contributed by atoms with Gasteiger partial charge in [0.1, 0.15) is 0 Å². The average molecular weight is 210 g/mol. The largest absolute Gasteiger partial charge is 0.329 e. The highest BCUT2D eigenvalue weighted by Crippen LogP contribution is 2.42. The number of likely N-dealkylation sites (tertiary alicyclic amines) is 1. The van der Waals surface area contributed by atoms with E-state index in [0.717, 1.165) is 18.5 Å². The van der Waals surface area contributed by atoms with E-state index in [1.54, 1.807) is 0 Å². The summed E-state index contributed by atoms with van der Waals surface area (Å²) in [5, 5.41) is 0. The van der Waals surface area contributed by atoms with Crippen molar-refractivity contribution in [1.82, 2.24) is 4.90 Å². The van der Waals surface area contributed by atoms with E-state index in [-0.39, 0.29) is 0 Å². The first-order chi connectivity index (χ1) is 7.22. The Morgan fingerprint density at radius 2 is 2.20 bits per heavy atom. The lowest BCUT2D eigenvalue weighted by Gasteiger charge is -2.42. The van der Waals surface area contributed by atoms with Gasteiger partial charge in [0.2, 0.25) is 0 Å². The maximum absolute atomic E-state index is 6.09. The minimum absolute atomic E-state index is 0.372. The van der Waals surface area contributed by atoms with E-state index in [9.17, 15) is 0 Å². The summed E-state index contributed by atoms with van der Waals surface area (Å²) in [5.41, 5.74) is 6.46. The van der Waals surface area contributed by atoms with Gasteiger partial charge in [0.05, 0.1) is 0 Å². The second-order valence-corrected chi connectivity index (χ2v) is 5.67. The lowest BCUT2D eigenvalue weighted by atomic mass is 9.92. The van der Waals surface area contributed by atoms with Crippen LogP contribution in [0, 0.1) is 5.92 Å². The molecule has 15 heavy (non-hydrogen) atoms. The highest BCUT2D eigenvalue weighted by molar-refractivity contribution is 5.01. The summed E-state index contributed by atoms with van der Waals surface area (Å²) in [6.45, 7) is 6.87. The van der Waals surface area contributed by atoms with Gasteiger partial charge in [-0.2, -0.15) is 0 Å². The number of nitrogens with two attached hydrogens (primary N) is 1. The zero-order valence-electron chi connectivity index (χ0n) is 10.3. The molecular weight excluding hydrogens is 184 g/mol. The lowest BCUT2D eigenvalue weighted by Crippen LogP contribution is -2.54.